The van der Waals surface area contributed by atoms with Crippen LogP contribution < -0.4 is 5.73 Å². The molecule has 23 heavy (non-hydrogen) atoms. The molecule has 3 nitrogen and oxygen atoms in total. The van der Waals surface area contributed by atoms with Crippen LogP contribution >= 0.6 is 15.9 Å². The van der Waals surface area contributed by atoms with Crippen molar-refractivity contribution in [3.63, 3.8) is 0 Å². The molecule has 0 fully saturated rings. The number of aromatic nitrogens is 1. The summed E-state index contributed by atoms with van der Waals surface area (Å²) in [5, 5.41) is 9.54. The third-order valence-electron chi connectivity index (χ3n) is 4.31. The maximum absolute atomic E-state index is 14.5. The molecule has 0 amide bonds. The second-order valence-electron chi connectivity index (χ2n) is 5.82. The third kappa shape index (κ3) is 3.09. The lowest BCUT2D eigenvalue weighted by atomic mass is 9.88. The van der Waals surface area contributed by atoms with E-state index < -0.39 is 0 Å². The van der Waals surface area contributed by atoms with E-state index in [2.05, 4.69) is 27.0 Å². The molecule has 0 saturated carbocycles. The van der Waals surface area contributed by atoms with Gasteiger partial charge in [0.25, 0.3) is 0 Å². The molecule has 0 spiro atoms. The molecule has 5 heteroatoms. The van der Waals surface area contributed by atoms with Gasteiger partial charge in [0, 0.05) is 21.3 Å². The number of fused-ring (bicyclic) bond motifs is 1. The molecule has 2 N–H and O–H groups in total. The molecular weight excluding hydrogens is 357 g/mol. The van der Waals surface area contributed by atoms with Gasteiger partial charge >= 0.3 is 0 Å². The van der Waals surface area contributed by atoms with Crippen molar-refractivity contribution in [1.29, 1.82) is 5.26 Å². The predicted octanol–water partition coefficient (Wildman–Crippen LogP) is 4.76. The molecule has 1 aliphatic carbocycles. The second kappa shape index (κ2) is 6.67. The second-order valence-corrected chi connectivity index (χ2v) is 6.74. The van der Waals surface area contributed by atoms with E-state index in [0.29, 0.717) is 11.1 Å². The molecule has 1 aromatic carbocycles. The molecule has 0 saturated heterocycles. The Morgan fingerprint density at radius 3 is 2.65 bits per heavy atom. The monoisotopic (exact) mass is 373 g/mol. The molecule has 0 bridgehead atoms. The lowest BCUT2D eigenvalue weighted by Crippen LogP contribution is -2.10. The van der Waals surface area contributed by atoms with Gasteiger partial charge in [-0.15, -0.1) is 0 Å². The highest BCUT2D eigenvalue weighted by molar-refractivity contribution is 9.10. The largest absolute Gasteiger partial charge is 0.383 e. The third-order valence-corrected chi connectivity index (χ3v) is 4.80. The summed E-state index contributed by atoms with van der Waals surface area (Å²) in [7, 11) is 0. The van der Waals surface area contributed by atoms with E-state index >= 15 is 0 Å². The average molecular weight is 374 g/mol. The van der Waals surface area contributed by atoms with E-state index in [1.807, 2.05) is 0 Å². The van der Waals surface area contributed by atoms with E-state index in [9.17, 15) is 9.65 Å². The van der Waals surface area contributed by atoms with Crippen LogP contribution in [-0.4, -0.2) is 4.98 Å². The zero-order chi connectivity index (χ0) is 16.4. The van der Waals surface area contributed by atoms with Crippen molar-refractivity contribution >= 4 is 21.7 Å². The average Bonchev–Trinajstić information content (AvgIpc) is 2.51. The summed E-state index contributed by atoms with van der Waals surface area (Å²) in [6.45, 7) is 0. The fourth-order valence-electron chi connectivity index (χ4n) is 3.22. The van der Waals surface area contributed by atoms with E-state index in [-0.39, 0.29) is 17.2 Å². The lowest BCUT2D eigenvalue weighted by molar-refractivity contribution is 0.608. The van der Waals surface area contributed by atoms with Crippen molar-refractivity contribution in [2.45, 2.75) is 38.5 Å². The van der Waals surface area contributed by atoms with Crippen molar-refractivity contribution in [2.75, 3.05) is 5.73 Å². The summed E-state index contributed by atoms with van der Waals surface area (Å²) in [5.74, 6) is -0.152. The van der Waals surface area contributed by atoms with Crippen LogP contribution in [0, 0.1) is 17.1 Å². The number of rotatable bonds is 1. The predicted molar refractivity (Wildman–Crippen MR) is 92.3 cm³/mol. The summed E-state index contributed by atoms with van der Waals surface area (Å²) in [6.07, 6.45) is 6.01. The zero-order valence-corrected chi connectivity index (χ0v) is 14.3. The van der Waals surface area contributed by atoms with E-state index in [1.54, 1.807) is 12.1 Å². The molecule has 0 unspecified atom stereocenters. The minimum absolute atomic E-state index is 0.196. The van der Waals surface area contributed by atoms with Gasteiger partial charge in [0.1, 0.15) is 23.3 Å². The Morgan fingerprint density at radius 2 is 1.91 bits per heavy atom. The van der Waals surface area contributed by atoms with Gasteiger partial charge in [-0.05, 0) is 49.4 Å². The van der Waals surface area contributed by atoms with Gasteiger partial charge in [0.2, 0.25) is 0 Å². The van der Waals surface area contributed by atoms with Crippen LogP contribution in [0.1, 0.15) is 42.5 Å². The van der Waals surface area contributed by atoms with Gasteiger partial charge < -0.3 is 5.73 Å². The number of nitrogens with zero attached hydrogens (tertiary/aromatic N) is 2. The molecular formula is C18H17BrFN3. The Labute approximate surface area is 143 Å². The highest BCUT2D eigenvalue weighted by Gasteiger charge is 2.22. The van der Waals surface area contributed by atoms with Crippen molar-refractivity contribution < 1.29 is 4.39 Å². The SMILES string of the molecule is N#Cc1c(N)nc2c(c1-c1cc(Br)ccc1F)CCCCCC2. The van der Waals surface area contributed by atoms with Crippen molar-refractivity contribution in [3.05, 3.63) is 45.3 Å². The summed E-state index contributed by atoms with van der Waals surface area (Å²) in [6, 6.07) is 6.90. The van der Waals surface area contributed by atoms with Crippen LogP contribution in [0.4, 0.5) is 10.2 Å². The molecule has 118 valence electrons. The number of anilines is 1. The van der Waals surface area contributed by atoms with Crippen LogP contribution in [-0.2, 0) is 12.8 Å². The highest BCUT2D eigenvalue weighted by Crippen LogP contribution is 2.37. The van der Waals surface area contributed by atoms with Crippen LogP contribution in [0.25, 0.3) is 11.1 Å². The number of nitrogen functional groups attached to an aromatic ring is 1. The van der Waals surface area contributed by atoms with Crippen LogP contribution in [0.5, 0.6) is 0 Å². The first kappa shape index (κ1) is 15.9. The summed E-state index contributed by atoms with van der Waals surface area (Å²) in [5.41, 5.74) is 9.21. The van der Waals surface area contributed by atoms with E-state index in [1.165, 1.54) is 12.5 Å². The molecule has 1 aliphatic rings. The van der Waals surface area contributed by atoms with E-state index in [0.717, 1.165) is 47.8 Å². The van der Waals surface area contributed by atoms with Gasteiger partial charge in [-0.3, -0.25) is 0 Å². The molecule has 0 atom stereocenters. The molecule has 0 radical (unpaired) electrons. The first-order valence-electron chi connectivity index (χ1n) is 7.78. The Bertz CT molecular complexity index is 796. The number of hydrogen-bond donors (Lipinski definition) is 1. The van der Waals surface area contributed by atoms with Crippen LogP contribution in [0.15, 0.2) is 22.7 Å². The standard InChI is InChI=1S/C18H17BrFN3/c19-11-7-8-15(20)13(9-11)17-12-5-3-1-2-4-6-16(12)23-18(22)14(17)10-21/h7-9H,1-6H2,(H2,22,23). The first-order chi connectivity index (χ1) is 11.1. The number of aryl methyl sites for hydroxylation is 1. The smallest absolute Gasteiger partial charge is 0.142 e. The van der Waals surface area contributed by atoms with Gasteiger partial charge in [0.15, 0.2) is 0 Å². The molecule has 2 aromatic rings. The number of pyridine rings is 1. The number of benzene rings is 1. The molecule has 1 heterocycles. The van der Waals surface area contributed by atoms with Gasteiger partial charge in [-0.25, -0.2) is 9.37 Å². The quantitative estimate of drug-likeness (QED) is 0.783. The number of halogens is 2. The minimum atomic E-state index is -0.348. The van der Waals surface area contributed by atoms with Crippen LogP contribution in [0.2, 0.25) is 0 Å². The maximum atomic E-state index is 14.5. The fraction of sp³-hybridized carbons (Fsp3) is 0.333. The number of nitrogens with two attached hydrogens (primary N) is 1. The van der Waals surface area contributed by atoms with Gasteiger partial charge in [-0.1, -0.05) is 28.8 Å². The Kier molecular flexibility index (Phi) is 4.63. The first-order valence-corrected chi connectivity index (χ1v) is 8.58. The van der Waals surface area contributed by atoms with E-state index in [4.69, 9.17) is 5.73 Å². The topological polar surface area (TPSA) is 62.7 Å². The lowest BCUT2D eigenvalue weighted by Gasteiger charge is -2.20. The summed E-state index contributed by atoms with van der Waals surface area (Å²) < 4.78 is 15.2. The normalized spacial score (nSPS) is 14.5. The number of nitriles is 1. The van der Waals surface area contributed by atoms with Gasteiger partial charge in [0.05, 0.1) is 0 Å². The number of hydrogen-bond acceptors (Lipinski definition) is 3. The van der Waals surface area contributed by atoms with Crippen molar-refractivity contribution in [1.82, 2.24) is 4.98 Å². The van der Waals surface area contributed by atoms with Crippen LogP contribution in [0.3, 0.4) is 0 Å². The Morgan fingerprint density at radius 1 is 1.17 bits per heavy atom. The van der Waals surface area contributed by atoms with Crippen molar-refractivity contribution in [2.24, 2.45) is 0 Å². The minimum Gasteiger partial charge on any atom is -0.383 e. The van der Waals surface area contributed by atoms with Crippen molar-refractivity contribution in [3.8, 4) is 17.2 Å². The summed E-state index contributed by atoms with van der Waals surface area (Å²) >= 11 is 3.39. The molecule has 3 rings (SSSR count). The van der Waals surface area contributed by atoms with Gasteiger partial charge in [-0.2, -0.15) is 5.26 Å². The molecule has 0 aliphatic heterocycles. The fourth-order valence-corrected chi connectivity index (χ4v) is 3.58. The summed E-state index contributed by atoms with van der Waals surface area (Å²) in [4.78, 5) is 4.45. The Balaban J connectivity index is 2.33. The zero-order valence-electron chi connectivity index (χ0n) is 12.7. The maximum Gasteiger partial charge on any atom is 0.142 e. The molecule has 1 aromatic heterocycles. The Hall–Kier alpha value is -1.93. The highest BCUT2D eigenvalue weighted by atomic mass is 79.9.